The Morgan fingerprint density at radius 3 is 2.71 bits per heavy atom. The molecule has 0 bridgehead atoms. The van der Waals surface area contributed by atoms with Crippen molar-refractivity contribution in [1.82, 2.24) is 9.78 Å². The van der Waals surface area contributed by atoms with E-state index < -0.39 is 0 Å². The molecule has 0 aromatic carbocycles. The number of aryl methyl sites for hydroxylation is 1. The number of rotatable bonds is 4. The van der Waals surface area contributed by atoms with E-state index in [4.69, 9.17) is 0 Å². The maximum absolute atomic E-state index is 4.57. The highest BCUT2D eigenvalue weighted by molar-refractivity contribution is 7.07. The van der Waals surface area contributed by atoms with Crippen molar-refractivity contribution in [2.24, 2.45) is 0 Å². The smallest absolute Gasteiger partial charge is 0.0828 e. The largest absolute Gasteiger partial charge is 0.378 e. The highest BCUT2D eigenvalue weighted by Crippen LogP contribution is 2.23. The predicted molar refractivity (Wildman–Crippen MR) is 73.7 cm³/mol. The molecule has 0 saturated carbocycles. The Morgan fingerprint density at radius 1 is 1.41 bits per heavy atom. The van der Waals surface area contributed by atoms with Crippen LogP contribution in [0.15, 0.2) is 16.8 Å². The summed E-state index contributed by atoms with van der Waals surface area (Å²) in [5.74, 6) is 0. The van der Waals surface area contributed by atoms with Gasteiger partial charge < -0.3 is 5.32 Å². The van der Waals surface area contributed by atoms with Gasteiger partial charge in [-0.2, -0.15) is 16.4 Å². The van der Waals surface area contributed by atoms with Crippen molar-refractivity contribution in [1.29, 1.82) is 0 Å². The standard InChI is InChI=1S/C13H19N3S/c1-9(2)16-11(4)13(10(3)15-16)14-7-12-5-6-17-8-12/h5-6,8-9,14H,7H2,1-4H3. The quantitative estimate of drug-likeness (QED) is 0.894. The molecule has 92 valence electrons. The lowest BCUT2D eigenvalue weighted by Gasteiger charge is -2.09. The van der Waals surface area contributed by atoms with Gasteiger partial charge in [0.1, 0.15) is 0 Å². The topological polar surface area (TPSA) is 29.9 Å². The van der Waals surface area contributed by atoms with E-state index in [1.807, 2.05) is 0 Å². The summed E-state index contributed by atoms with van der Waals surface area (Å²) in [6.45, 7) is 9.36. The van der Waals surface area contributed by atoms with Crippen LogP contribution in [-0.4, -0.2) is 9.78 Å². The minimum atomic E-state index is 0.408. The van der Waals surface area contributed by atoms with Crippen molar-refractivity contribution in [2.45, 2.75) is 40.3 Å². The van der Waals surface area contributed by atoms with E-state index >= 15 is 0 Å². The summed E-state index contributed by atoms with van der Waals surface area (Å²) in [4.78, 5) is 0. The van der Waals surface area contributed by atoms with Gasteiger partial charge in [-0.05, 0) is 50.1 Å². The number of anilines is 1. The average Bonchev–Trinajstić information content (AvgIpc) is 2.86. The van der Waals surface area contributed by atoms with Crippen LogP contribution in [0.2, 0.25) is 0 Å². The molecule has 0 saturated heterocycles. The van der Waals surface area contributed by atoms with Gasteiger partial charge in [0.25, 0.3) is 0 Å². The third-order valence-corrected chi connectivity index (χ3v) is 3.60. The number of nitrogens with zero attached hydrogens (tertiary/aromatic N) is 2. The highest BCUT2D eigenvalue weighted by Gasteiger charge is 2.12. The predicted octanol–water partition coefficient (Wildman–Crippen LogP) is 3.75. The number of thiophene rings is 1. The van der Waals surface area contributed by atoms with Crippen LogP contribution in [0, 0.1) is 13.8 Å². The Kier molecular flexibility index (Phi) is 3.52. The molecule has 0 unspecified atom stereocenters. The lowest BCUT2D eigenvalue weighted by molar-refractivity contribution is 0.516. The van der Waals surface area contributed by atoms with Crippen LogP contribution >= 0.6 is 11.3 Å². The van der Waals surface area contributed by atoms with Gasteiger partial charge in [0.15, 0.2) is 0 Å². The van der Waals surface area contributed by atoms with E-state index in [9.17, 15) is 0 Å². The van der Waals surface area contributed by atoms with Gasteiger partial charge in [0.05, 0.1) is 17.1 Å². The van der Waals surface area contributed by atoms with Crippen molar-refractivity contribution >= 4 is 17.0 Å². The van der Waals surface area contributed by atoms with Crippen molar-refractivity contribution in [3.8, 4) is 0 Å². The van der Waals surface area contributed by atoms with Crippen LogP contribution in [-0.2, 0) is 6.54 Å². The second-order valence-electron chi connectivity index (χ2n) is 4.57. The second kappa shape index (κ2) is 4.92. The van der Waals surface area contributed by atoms with Gasteiger partial charge in [-0.1, -0.05) is 0 Å². The first-order chi connectivity index (χ1) is 8.09. The number of hydrogen-bond donors (Lipinski definition) is 1. The molecular weight excluding hydrogens is 230 g/mol. The summed E-state index contributed by atoms with van der Waals surface area (Å²) in [6.07, 6.45) is 0. The Balaban J connectivity index is 2.15. The minimum Gasteiger partial charge on any atom is -0.378 e. The zero-order chi connectivity index (χ0) is 12.4. The highest BCUT2D eigenvalue weighted by atomic mass is 32.1. The lowest BCUT2D eigenvalue weighted by atomic mass is 10.2. The molecule has 0 radical (unpaired) electrons. The lowest BCUT2D eigenvalue weighted by Crippen LogP contribution is -2.06. The molecule has 0 atom stereocenters. The maximum atomic E-state index is 4.57. The molecule has 1 N–H and O–H groups in total. The molecule has 4 heteroatoms. The molecule has 0 spiro atoms. The van der Waals surface area contributed by atoms with Crippen LogP contribution < -0.4 is 5.32 Å². The molecule has 2 aromatic heterocycles. The fourth-order valence-electron chi connectivity index (χ4n) is 2.01. The van der Waals surface area contributed by atoms with Crippen LogP contribution in [0.25, 0.3) is 0 Å². The first-order valence-electron chi connectivity index (χ1n) is 5.90. The fourth-order valence-corrected chi connectivity index (χ4v) is 2.67. The summed E-state index contributed by atoms with van der Waals surface area (Å²) in [5.41, 5.74) is 4.79. The van der Waals surface area contributed by atoms with E-state index in [2.05, 4.69) is 59.6 Å². The van der Waals surface area contributed by atoms with E-state index in [0.717, 1.165) is 12.2 Å². The van der Waals surface area contributed by atoms with Crippen molar-refractivity contribution in [3.05, 3.63) is 33.8 Å². The van der Waals surface area contributed by atoms with Gasteiger partial charge in [0.2, 0.25) is 0 Å². The van der Waals surface area contributed by atoms with E-state index in [-0.39, 0.29) is 0 Å². The molecule has 0 aliphatic rings. The first kappa shape index (κ1) is 12.2. The van der Waals surface area contributed by atoms with Crippen molar-refractivity contribution in [2.75, 3.05) is 5.32 Å². The Hall–Kier alpha value is -1.29. The third-order valence-electron chi connectivity index (χ3n) is 2.86. The zero-order valence-corrected chi connectivity index (χ0v) is 11.6. The van der Waals surface area contributed by atoms with E-state index in [1.165, 1.54) is 16.9 Å². The molecule has 0 aliphatic heterocycles. The van der Waals surface area contributed by atoms with Gasteiger partial charge in [-0.3, -0.25) is 4.68 Å². The molecule has 0 aliphatic carbocycles. The second-order valence-corrected chi connectivity index (χ2v) is 5.35. The summed E-state index contributed by atoms with van der Waals surface area (Å²) < 4.78 is 2.07. The third kappa shape index (κ3) is 2.52. The number of aromatic nitrogens is 2. The normalized spacial score (nSPS) is 11.1. The zero-order valence-electron chi connectivity index (χ0n) is 10.8. The SMILES string of the molecule is Cc1nn(C(C)C)c(C)c1NCc1ccsc1. The number of hydrogen-bond acceptors (Lipinski definition) is 3. The number of nitrogens with one attached hydrogen (secondary N) is 1. The fraction of sp³-hybridized carbons (Fsp3) is 0.462. The van der Waals surface area contributed by atoms with Crippen molar-refractivity contribution < 1.29 is 0 Å². The van der Waals surface area contributed by atoms with Gasteiger partial charge >= 0.3 is 0 Å². The first-order valence-corrected chi connectivity index (χ1v) is 6.84. The maximum Gasteiger partial charge on any atom is 0.0828 e. The molecule has 0 fully saturated rings. The summed E-state index contributed by atoms with van der Waals surface area (Å²) in [7, 11) is 0. The van der Waals surface area contributed by atoms with E-state index in [0.29, 0.717) is 6.04 Å². The molecule has 2 aromatic rings. The van der Waals surface area contributed by atoms with Gasteiger partial charge in [-0.25, -0.2) is 0 Å². The molecule has 2 heterocycles. The summed E-state index contributed by atoms with van der Waals surface area (Å²) >= 11 is 1.73. The molecule has 0 amide bonds. The van der Waals surface area contributed by atoms with E-state index in [1.54, 1.807) is 11.3 Å². The molecule has 2 rings (SSSR count). The molecule has 17 heavy (non-hydrogen) atoms. The summed E-state index contributed by atoms with van der Waals surface area (Å²) in [6, 6.07) is 2.56. The Bertz CT molecular complexity index is 483. The van der Waals surface area contributed by atoms with Crippen molar-refractivity contribution in [3.63, 3.8) is 0 Å². The molecular formula is C13H19N3S. The summed E-state index contributed by atoms with van der Waals surface area (Å²) in [5, 5.41) is 12.3. The molecule has 3 nitrogen and oxygen atoms in total. The van der Waals surface area contributed by atoms with Gasteiger partial charge in [0, 0.05) is 12.6 Å². The average molecular weight is 249 g/mol. The Morgan fingerprint density at radius 2 is 2.18 bits per heavy atom. The van der Waals surface area contributed by atoms with Crippen LogP contribution in [0.4, 0.5) is 5.69 Å². The minimum absolute atomic E-state index is 0.408. The van der Waals surface area contributed by atoms with Crippen LogP contribution in [0.3, 0.4) is 0 Å². The van der Waals surface area contributed by atoms with Gasteiger partial charge in [-0.15, -0.1) is 0 Å². The Labute approximate surface area is 106 Å². The van der Waals surface area contributed by atoms with Crippen LogP contribution in [0.5, 0.6) is 0 Å². The monoisotopic (exact) mass is 249 g/mol. The van der Waals surface area contributed by atoms with Crippen LogP contribution in [0.1, 0.15) is 36.8 Å².